The van der Waals surface area contributed by atoms with Crippen LogP contribution in [0.3, 0.4) is 0 Å². The molecule has 33 heteroatoms. The molecule has 0 atom stereocenters. The molecule has 0 saturated heterocycles. The summed E-state index contributed by atoms with van der Waals surface area (Å²) in [6.07, 6.45) is 1.99. The predicted octanol–water partition coefficient (Wildman–Crippen LogP) is -11.1. The summed E-state index contributed by atoms with van der Waals surface area (Å²) < 4.78 is 158. The third-order valence-electron chi connectivity index (χ3n) is 8.72. The van der Waals surface area contributed by atoms with Crippen LogP contribution in [0.15, 0.2) is 101 Å². The monoisotopic (exact) mass is 1050 g/mol. The molecule has 7 rings (SSSR count). The van der Waals surface area contributed by atoms with E-state index in [2.05, 4.69) is 37.0 Å². The van der Waals surface area contributed by atoms with E-state index in [0.717, 1.165) is 28.8 Å². The van der Waals surface area contributed by atoms with Gasteiger partial charge in [0.15, 0.2) is 0 Å². The van der Waals surface area contributed by atoms with Gasteiger partial charge < -0.3 is 34.9 Å². The minimum absolute atomic E-state index is 0. The fourth-order valence-corrected chi connectivity index (χ4v) is 7.75. The molecule has 3 heterocycles. The third-order valence-corrected chi connectivity index (χ3v) is 10.3. The van der Waals surface area contributed by atoms with Crippen LogP contribution in [0.4, 0.5) is 0 Å². The molecule has 0 bridgehead atoms. The number of benzene rings is 4. The van der Waals surface area contributed by atoms with Gasteiger partial charge >= 0.3 is 118 Å². The van der Waals surface area contributed by atoms with Crippen LogP contribution in [0.25, 0.3) is 44.6 Å². The van der Waals surface area contributed by atoms with Gasteiger partial charge in [0, 0.05) is 36.3 Å². The van der Waals surface area contributed by atoms with Gasteiger partial charge in [0.25, 0.3) is 52.7 Å². The number of hydrogen-bond acceptors (Lipinski definition) is 22. The van der Waals surface area contributed by atoms with Gasteiger partial charge in [-0.1, -0.05) is 29.5 Å². The van der Waals surface area contributed by atoms with E-state index in [1.54, 1.807) is 24.3 Å². The predicted molar refractivity (Wildman–Crippen MR) is 213 cm³/mol. The molecular formula is C35H25N7Na4O18S4. The van der Waals surface area contributed by atoms with E-state index in [0.29, 0.717) is 18.6 Å². The fourth-order valence-electron chi connectivity index (χ4n) is 6.42. The molecule has 68 heavy (non-hydrogen) atoms. The molecule has 0 spiro atoms. The molecule has 3 aromatic heterocycles. The van der Waals surface area contributed by atoms with Gasteiger partial charge in [0.2, 0.25) is 0 Å². The van der Waals surface area contributed by atoms with Gasteiger partial charge in [-0.05, 0) is 61.4 Å². The number of para-hydroxylation sites is 2. The summed E-state index contributed by atoms with van der Waals surface area (Å²) in [5.41, 5.74) is -1.12. The van der Waals surface area contributed by atoms with Crippen LogP contribution in [-0.2, 0) is 61.2 Å². The van der Waals surface area contributed by atoms with Crippen molar-refractivity contribution in [3.8, 4) is 45.8 Å². The van der Waals surface area contributed by atoms with Crippen LogP contribution >= 0.6 is 0 Å². The number of nitrogens with zero attached hydrogens (tertiary/aromatic N) is 7. The second kappa shape index (κ2) is 24.0. The van der Waals surface area contributed by atoms with Crippen molar-refractivity contribution in [2.45, 2.75) is 32.5 Å². The normalized spacial score (nSPS) is 11.6. The average molecular weight is 1050 g/mol. The number of hydrogen-bond donors (Lipinski definition) is 0. The van der Waals surface area contributed by atoms with Crippen LogP contribution in [-0.4, -0.2) is 86.0 Å². The molecule has 7 aromatic rings. The molecule has 0 radical (unpaired) electrons. The Labute approximate surface area is 474 Å². The summed E-state index contributed by atoms with van der Waals surface area (Å²) in [6.45, 7) is -0.247. The van der Waals surface area contributed by atoms with Gasteiger partial charge in [0.05, 0.1) is 34.5 Å². The zero-order valence-corrected chi connectivity index (χ0v) is 47.1. The van der Waals surface area contributed by atoms with Crippen molar-refractivity contribution in [2.75, 3.05) is 0 Å². The number of rotatable bonds is 17. The van der Waals surface area contributed by atoms with Crippen LogP contribution in [0.1, 0.15) is 18.5 Å². The molecule has 0 fully saturated rings. The molecule has 0 amide bonds. The molecule has 0 aliphatic heterocycles. The first-order valence-corrected chi connectivity index (χ1v) is 23.1. The van der Waals surface area contributed by atoms with Crippen molar-refractivity contribution in [3.05, 3.63) is 118 Å². The number of aryl methyl sites for hydroxylation is 1. The molecule has 25 nitrogen and oxygen atoms in total. The van der Waals surface area contributed by atoms with E-state index in [1.807, 2.05) is 0 Å². The summed E-state index contributed by atoms with van der Waals surface area (Å²) in [4.78, 5) is 36.7. The summed E-state index contributed by atoms with van der Waals surface area (Å²) in [6, 6.07) is 17.4. The summed E-state index contributed by atoms with van der Waals surface area (Å²) in [5.74, 6) is -3.43. The topological polar surface area (TPSA) is 366 Å². The second-order valence-corrected chi connectivity index (χ2v) is 17.2. The van der Waals surface area contributed by atoms with Crippen LogP contribution < -0.4 is 146 Å². The maximum Gasteiger partial charge on any atom is 1.00 e. The van der Waals surface area contributed by atoms with Crippen LogP contribution in [0.5, 0.6) is 23.0 Å². The van der Waals surface area contributed by atoms with Gasteiger partial charge in [-0.25, -0.2) is 43.6 Å². The van der Waals surface area contributed by atoms with Crippen molar-refractivity contribution in [3.63, 3.8) is 0 Å². The zero-order valence-electron chi connectivity index (χ0n) is 35.8. The molecule has 336 valence electrons. The van der Waals surface area contributed by atoms with Gasteiger partial charge in [-0.15, -0.1) is 5.10 Å². The van der Waals surface area contributed by atoms with E-state index in [4.69, 9.17) is 0 Å². The number of unbranched alkanes of at least 4 members (excludes halogenated alkanes) is 1. The maximum atomic E-state index is 13.9. The van der Waals surface area contributed by atoms with Crippen molar-refractivity contribution in [2.24, 2.45) is 0 Å². The molecule has 0 unspecified atom stereocenters. The first-order chi connectivity index (χ1) is 30.0. The summed E-state index contributed by atoms with van der Waals surface area (Å²) in [7, 11) is -21.7. The standard InChI is InChI=1S/C35H29N7O18S4.4Na/c43-34-28-7-1-3-9-30(28)36-32(21-13-24(57-61(45,46)47)17-25(14-21)58-62(48,49)50)41(34)12-6-5-11-40-19-23(38-39-40)20-42-33(37-31-10-4-2-8-29(31)35(42)44)22-15-26(59-63(51,52)53)18-27(16-22)60-64(54,55)56;;;;/h1-4,7-10,13-19H,5-6,11-12,20H2,(H,45,46,47)(H,48,49,50)(H,51,52,53)(H,54,55,56);;;;/q;4*+1/p-4. The molecule has 0 aliphatic rings. The van der Waals surface area contributed by atoms with Crippen molar-refractivity contribution >= 4 is 63.4 Å². The Morgan fingerprint density at radius 2 is 0.868 bits per heavy atom. The largest absolute Gasteiger partial charge is 1.00 e. The van der Waals surface area contributed by atoms with Crippen LogP contribution in [0.2, 0.25) is 0 Å². The Hall–Kier alpha value is -2.86. The van der Waals surface area contributed by atoms with E-state index in [1.165, 1.54) is 39.7 Å². The van der Waals surface area contributed by atoms with Crippen LogP contribution in [0, 0.1) is 0 Å². The quantitative estimate of drug-likeness (QED) is 0.0354. The summed E-state index contributed by atoms with van der Waals surface area (Å²) in [5, 5.41) is 8.51. The smallest absolute Gasteiger partial charge is 0.716 e. The Balaban J connectivity index is 0.00000306. The average Bonchev–Trinajstić information content (AvgIpc) is 3.62. The minimum Gasteiger partial charge on any atom is -0.716 e. The number of fused-ring (bicyclic) bond motifs is 2. The zero-order chi connectivity index (χ0) is 46.2. The van der Waals surface area contributed by atoms with Gasteiger partial charge in [0.1, 0.15) is 40.3 Å². The van der Waals surface area contributed by atoms with Crippen molar-refractivity contribution in [1.82, 2.24) is 34.1 Å². The molecular weight excluding hydrogens is 1030 g/mol. The van der Waals surface area contributed by atoms with Crippen molar-refractivity contribution < 1.29 is 187 Å². The van der Waals surface area contributed by atoms with E-state index in [-0.39, 0.29) is 195 Å². The molecule has 4 aromatic carbocycles. The second-order valence-electron chi connectivity index (χ2n) is 13.3. The summed E-state index contributed by atoms with van der Waals surface area (Å²) >= 11 is 0. The van der Waals surface area contributed by atoms with E-state index in [9.17, 15) is 61.5 Å². The first kappa shape index (κ1) is 59.4. The Bertz CT molecular complexity index is 3480. The Kier molecular flexibility index (Phi) is 21.0. The molecule has 0 N–H and O–H groups in total. The fraction of sp³-hybridized carbons (Fsp3) is 0.143. The number of aromatic nitrogens is 7. The SMILES string of the molecule is O=c1c2ccccc2nc(-c2cc(OS(=O)(=O)[O-])cc(OS(=O)(=O)[O-])c2)n1CCCCn1cc(Cn2c(-c3cc(OS(=O)(=O)[O-])cc(OS(=O)(=O)[O-])c3)nc3ccccc3c2=O)nn1.[Na+].[Na+].[Na+].[Na+]. The molecule has 0 saturated carbocycles. The van der Waals surface area contributed by atoms with Gasteiger partial charge in [-0.3, -0.25) is 23.4 Å². The van der Waals surface area contributed by atoms with E-state index >= 15 is 0 Å². The minimum atomic E-state index is -5.43. The first-order valence-electron chi connectivity index (χ1n) is 17.8. The third kappa shape index (κ3) is 16.1. The van der Waals surface area contributed by atoms with Gasteiger partial charge in [-0.2, -0.15) is 0 Å². The van der Waals surface area contributed by atoms with E-state index < -0.39 is 75.7 Å². The Morgan fingerprint density at radius 1 is 0.500 bits per heavy atom. The van der Waals surface area contributed by atoms with Crippen molar-refractivity contribution in [1.29, 1.82) is 0 Å². The maximum absolute atomic E-state index is 13.9. The Morgan fingerprint density at radius 3 is 1.28 bits per heavy atom. The molecule has 0 aliphatic carbocycles.